The highest BCUT2D eigenvalue weighted by molar-refractivity contribution is 5.85. The fraction of sp³-hybridized carbons (Fsp3) is 0.953. The van der Waals surface area contributed by atoms with E-state index < -0.39 is 24.1 Å². The summed E-state index contributed by atoms with van der Waals surface area (Å²) in [6.07, 6.45) is 15.8. The maximum absolute atomic E-state index is 13.2. The zero-order valence-electron chi connectivity index (χ0n) is 32.3. The Balaban J connectivity index is 1.01. The molecule has 0 spiro atoms. The predicted octanol–water partition coefficient (Wildman–Crippen LogP) is 8.99. The summed E-state index contributed by atoms with van der Waals surface area (Å²) in [7, 11) is 0. The Morgan fingerprint density at radius 2 is 1.16 bits per heavy atom. The van der Waals surface area contributed by atoms with Gasteiger partial charge < -0.3 is 19.7 Å². The number of aliphatic hydroxyl groups is 2. The molecule has 6 rings (SSSR count). The molecule has 6 heteroatoms. The van der Waals surface area contributed by atoms with E-state index in [1.807, 2.05) is 0 Å². The molecular weight excluding hydrogens is 612 g/mol. The Kier molecular flexibility index (Phi) is 11.3. The fourth-order valence-corrected chi connectivity index (χ4v) is 13.8. The summed E-state index contributed by atoms with van der Waals surface area (Å²) in [4.78, 5) is 26.3. The van der Waals surface area contributed by atoms with Crippen LogP contribution >= 0.6 is 0 Å². The third-order valence-corrected chi connectivity index (χ3v) is 16.7. The Morgan fingerprint density at radius 1 is 0.612 bits per heavy atom. The minimum absolute atomic E-state index is 0.140. The molecule has 0 saturated heterocycles. The third kappa shape index (κ3) is 7.27. The summed E-state index contributed by atoms with van der Waals surface area (Å²) in [5.41, 5.74) is -0.0705. The van der Waals surface area contributed by atoms with Crippen molar-refractivity contribution >= 4 is 11.9 Å². The summed E-state index contributed by atoms with van der Waals surface area (Å²) in [6.45, 7) is 17.0. The van der Waals surface area contributed by atoms with Crippen molar-refractivity contribution in [1.29, 1.82) is 0 Å². The molecular formula is C43H72O6. The molecule has 6 aliphatic rings. The molecule has 280 valence electrons. The van der Waals surface area contributed by atoms with Crippen LogP contribution in [0.2, 0.25) is 0 Å². The van der Waals surface area contributed by atoms with Gasteiger partial charge in [0.1, 0.15) is 0 Å². The molecule has 49 heavy (non-hydrogen) atoms. The summed E-state index contributed by atoms with van der Waals surface area (Å²) in [5.74, 6) is 6.20. The lowest BCUT2D eigenvalue weighted by Crippen LogP contribution is -2.55. The lowest BCUT2D eigenvalue weighted by molar-refractivity contribution is -0.184. The van der Waals surface area contributed by atoms with E-state index in [1.54, 1.807) is 0 Å². The first-order valence-electron chi connectivity index (χ1n) is 20.9. The number of ether oxygens (including phenoxy) is 2. The Morgan fingerprint density at radius 3 is 1.82 bits per heavy atom. The van der Waals surface area contributed by atoms with Crippen molar-refractivity contribution in [2.45, 2.75) is 163 Å². The second-order valence-electron chi connectivity index (χ2n) is 20.1. The van der Waals surface area contributed by atoms with Crippen molar-refractivity contribution in [2.75, 3.05) is 13.2 Å². The highest BCUT2D eigenvalue weighted by Gasteiger charge is 2.57. The number of carbonyl (C=O) groups excluding carboxylic acids is 2. The molecule has 0 aromatic heterocycles. The molecule has 0 bridgehead atoms. The number of hydrogen-bond donors (Lipinski definition) is 2. The quantitative estimate of drug-likeness (QED) is 0.236. The SMILES string of the molecule is CC(C)C1CCC2C(CCC3C2CCCC3(C)COC(=O)C(O)C(O)C(=O)OCC2(C)CCCC3(C)C4CCC(C(C)C)CC4CCC23)C1. The van der Waals surface area contributed by atoms with Crippen LogP contribution < -0.4 is 0 Å². The van der Waals surface area contributed by atoms with Crippen LogP contribution in [0.1, 0.15) is 151 Å². The molecule has 0 aromatic carbocycles. The maximum atomic E-state index is 13.2. The van der Waals surface area contributed by atoms with Crippen molar-refractivity contribution < 1.29 is 29.3 Å². The molecule has 0 heterocycles. The van der Waals surface area contributed by atoms with Gasteiger partial charge in [-0.25, -0.2) is 9.59 Å². The molecule has 6 saturated carbocycles. The largest absolute Gasteiger partial charge is 0.463 e. The maximum Gasteiger partial charge on any atom is 0.338 e. The molecule has 0 aromatic rings. The Bertz CT molecular complexity index is 1170. The van der Waals surface area contributed by atoms with Gasteiger partial charge in [-0.1, -0.05) is 61.3 Å². The molecule has 14 atom stereocenters. The van der Waals surface area contributed by atoms with Crippen LogP contribution in [-0.4, -0.2) is 47.6 Å². The summed E-state index contributed by atoms with van der Waals surface area (Å²) < 4.78 is 11.6. The molecule has 0 aliphatic heterocycles. The predicted molar refractivity (Wildman–Crippen MR) is 193 cm³/mol. The topological polar surface area (TPSA) is 93.1 Å². The van der Waals surface area contributed by atoms with Crippen LogP contribution in [0, 0.1) is 81.3 Å². The van der Waals surface area contributed by atoms with E-state index in [1.165, 1.54) is 70.6 Å². The second-order valence-corrected chi connectivity index (χ2v) is 20.1. The fourth-order valence-electron chi connectivity index (χ4n) is 13.8. The summed E-state index contributed by atoms with van der Waals surface area (Å²) >= 11 is 0. The van der Waals surface area contributed by atoms with Gasteiger partial charge in [-0.05, 0) is 160 Å². The van der Waals surface area contributed by atoms with Crippen LogP contribution in [0.4, 0.5) is 0 Å². The number of carbonyl (C=O) groups is 2. The summed E-state index contributed by atoms with van der Waals surface area (Å²) in [6, 6.07) is 0. The van der Waals surface area contributed by atoms with Gasteiger partial charge in [0.25, 0.3) is 0 Å². The van der Waals surface area contributed by atoms with Crippen molar-refractivity contribution in [3.8, 4) is 0 Å². The van der Waals surface area contributed by atoms with Gasteiger partial charge in [-0.3, -0.25) is 0 Å². The highest BCUT2D eigenvalue weighted by Crippen LogP contribution is 2.65. The number of hydrogen-bond acceptors (Lipinski definition) is 6. The minimum atomic E-state index is -1.94. The molecule has 0 radical (unpaired) electrons. The van der Waals surface area contributed by atoms with Gasteiger partial charge in [-0.2, -0.15) is 0 Å². The van der Waals surface area contributed by atoms with E-state index >= 15 is 0 Å². The smallest absolute Gasteiger partial charge is 0.338 e. The minimum Gasteiger partial charge on any atom is -0.463 e. The van der Waals surface area contributed by atoms with Gasteiger partial charge >= 0.3 is 11.9 Å². The molecule has 6 aliphatic carbocycles. The van der Waals surface area contributed by atoms with Crippen molar-refractivity contribution in [1.82, 2.24) is 0 Å². The highest BCUT2D eigenvalue weighted by atomic mass is 16.6. The number of rotatable bonds is 9. The van der Waals surface area contributed by atoms with Gasteiger partial charge in [-0.15, -0.1) is 0 Å². The van der Waals surface area contributed by atoms with Gasteiger partial charge in [0.15, 0.2) is 12.2 Å². The molecule has 6 nitrogen and oxygen atoms in total. The number of esters is 2. The van der Waals surface area contributed by atoms with Crippen LogP contribution in [0.3, 0.4) is 0 Å². The van der Waals surface area contributed by atoms with Crippen LogP contribution in [0.5, 0.6) is 0 Å². The monoisotopic (exact) mass is 685 g/mol. The van der Waals surface area contributed by atoms with E-state index in [0.29, 0.717) is 17.8 Å². The first kappa shape index (κ1) is 37.6. The van der Waals surface area contributed by atoms with E-state index in [9.17, 15) is 19.8 Å². The van der Waals surface area contributed by atoms with Crippen molar-refractivity contribution in [3.05, 3.63) is 0 Å². The lowest BCUT2D eigenvalue weighted by Gasteiger charge is -2.61. The average molecular weight is 685 g/mol. The van der Waals surface area contributed by atoms with Crippen LogP contribution in [0.15, 0.2) is 0 Å². The molecule has 0 amide bonds. The molecule has 14 unspecified atom stereocenters. The standard InChI is InChI=1S/C43H72O6/c1-26(2)28-11-15-32-30(22-28)13-17-35-33(32)10-8-19-41(35,5)24-48-39(46)37(44)38(45)40(47)49-25-42(6)20-9-21-43(7)34-16-12-29(27(3)4)23-31(34)14-18-36(42)43/h26-38,44-45H,8-25H2,1-7H3. The number of fused-ring (bicyclic) bond motifs is 6. The second kappa shape index (κ2) is 14.7. The zero-order valence-corrected chi connectivity index (χ0v) is 32.3. The van der Waals surface area contributed by atoms with Gasteiger partial charge in [0, 0.05) is 10.8 Å². The van der Waals surface area contributed by atoms with E-state index in [4.69, 9.17) is 9.47 Å². The molecule has 6 fully saturated rings. The first-order valence-corrected chi connectivity index (χ1v) is 20.9. The van der Waals surface area contributed by atoms with Gasteiger partial charge in [0.2, 0.25) is 0 Å². The third-order valence-electron chi connectivity index (χ3n) is 16.7. The zero-order chi connectivity index (χ0) is 35.3. The number of aliphatic hydroxyl groups excluding tert-OH is 2. The van der Waals surface area contributed by atoms with Gasteiger partial charge in [0.05, 0.1) is 13.2 Å². The van der Waals surface area contributed by atoms with E-state index in [-0.39, 0.29) is 29.5 Å². The van der Waals surface area contributed by atoms with Crippen LogP contribution in [0.25, 0.3) is 0 Å². The first-order chi connectivity index (χ1) is 23.2. The van der Waals surface area contributed by atoms with Crippen molar-refractivity contribution in [3.63, 3.8) is 0 Å². The molecule has 2 N–H and O–H groups in total. The average Bonchev–Trinajstić information content (AvgIpc) is 3.08. The Labute approximate surface area is 298 Å². The summed E-state index contributed by atoms with van der Waals surface area (Å²) in [5, 5.41) is 21.7. The van der Waals surface area contributed by atoms with E-state index in [0.717, 1.165) is 79.4 Å². The van der Waals surface area contributed by atoms with E-state index in [2.05, 4.69) is 48.5 Å². The lowest BCUT2D eigenvalue weighted by atomic mass is 9.44. The normalized spacial score (nSPS) is 44.9. The Hall–Kier alpha value is -1.14. The van der Waals surface area contributed by atoms with Crippen molar-refractivity contribution in [2.24, 2.45) is 81.3 Å². The van der Waals surface area contributed by atoms with Crippen LogP contribution in [-0.2, 0) is 19.1 Å².